The van der Waals surface area contributed by atoms with Gasteiger partial charge in [0.1, 0.15) is 0 Å². The number of nitrogens with zero attached hydrogens (tertiary/aromatic N) is 1. The maximum absolute atomic E-state index is 5.98. The number of methoxy groups -OCH3 is 1. The lowest BCUT2D eigenvalue weighted by molar-refractivity contribution is 0.169. The minimum atomic E-state index is 0.302. The summed E-state index contributed by atoms with van der Waals surface area (Å²) < 4.78 is 5.20. The largest absolute Gasteiger partial charge is 0.383 e. The van der Waals surface area contributed by atoms with E-state index in [1.54, 1.807) is 7.11 Å². The van der Waals surface area contributed by atoms with Crippen molar-refractivity contribution in [2.24, 2.45) is 0 Å². The summed E-state index contributed by atoms with van der Waals surface area (Å²) in [6.45, 7) is 0.688. The average Bonchev–Trinajstić information content (AvgIpc) is 2.38. The SMILES string of the molecule is CNC(COC)Cc1ccnc2cc(Cl)ccc12. The summed E-state index contributed by atoms with van der Waals surface area (Å²) in [5.74, 6) is 0. The molecule has 0 saturated carbocycles. The van der Waals surface area contributed by atoms with E-state index in [1.165, 1.54) is 5.56 Å². The molecule has 1 aromatic heterocycles. The van der Waals surface area contributed by atoms with Crippen LogP contribution in [0.2, 0.25) is 5.02 Å². The Morgan fingerprint density at radius 3 is 2.94 bits per heavy atom. The second kappa shape index (κ2) is 6.14. The first-order chi connectivity index (χ1) is 8.74. The van der Waals surface area contributed by atoms with Gasteiger partial charge in [-0.25, -0.2) is 0 Å². The summed E-state index contributed by atoms with van der Waals surface area (Å²) in [5.41, 5.74) is 2.19. The highest BCUT2D eigenvalue weighted by Gasteiger charge is 2.09. The zero-order valence-electron chi connectivity index (χ0n) is 10.6. The predicted molar refractivity (Wildman–Crippen MR) is 75.2 cm³/mol. The summed E-state index contributed by atoms with van der Waals surface area (Å²) in [7, 11) is 3.67. The molecule has 2 aromatic rings. The van der Waals surface area contributed by atoms with E-state index in [0.717, 1.165) is 17.3 Å². The maximum atomic E-state index is 5.98. The molecule has 96 valence electrons. The lowest BCUT2D eigenvalue weighted by Crippen LogP contribution is -2.32. The van der Waals surface area contributed by atoms with Crippen LogP contribution in [0.4, 0.5) is 0 Å². The number of hydrogen-bond donors (Lipinski definition) is 1. The van der Waals surface area contributed by atoms with E-state index in [2.05, 4.69) is 16.4 Å². The molecule has 0 aliphatic heterocycles. The van der Waals surface area contributed by atoms with Crippen LogP contribution in [0.1, 0.15) is 5.56 Å². The van der Waals surface area contributed by atoms with Crippen LogP contribution >= 0.6 is 11.6 Å². The number of pyridine rings is 1. The first kappa shape index (κ1) is 13.3. The van der Waals surface area contributed by atoms with Gasteiger partial charge in [-0.05, 0) is 37.2 Å². The Morgan fingerprint density at radius 2 is 2.22 bits per heavy atom. The molecule has 0 amide bonds. The number of likely N-dealkylation sites (N-methyl/N-ethyl adjacent to an activating group) is 1. The fourth-order valence-electron chi connectivity index (χ4n) is 2.07. The van der Waals surface area contributed by atoms with Crippen molar-refractivity contribution in [3.05, 3.63) is 41.0 Å². The topological polar surface area (TPSA) is 34.1 Å². The Balaban J connectivity index is 2.32. The first-order valence-electron chi connectivity index (χ1n) is 5.94. The summed E-state index contributed by atoms with van der Waals surface area (Å²) >= 11 is 5.98. The monoisotopic (exact) mass is 264 g/mol. The van der Waals surface area contributed by atoms with Gasteiger partial charge < -0.3 is 10.1 Å². The Bertz CT molecular complexity index is 530. The van der Waals surface area contributed by atoms with E-state index in [4.69, 9.17) is 16.3 Å². The molecular formula is C14H17ClN2O. The van der Waals surface area contributed by atoms with E-state index in [1.807, 2.05) is 31.4 Å². The fraction of sp³-hybridized carbons (Fsp3) is 0.357. The summed E-state index contributed by atoms with van der Waals surface area (Å²) in [6.07, 6.45) is 2.73. The third-order valence-electron chi connectivity index (χ3n) is 3.04. The minimum absolute atomic E-state index is 0.302. The third-order valence-corrected chi connectivity index (χ3v) is 3.27. The normalized spacial score (nSPS) is 12.8. The zero-order valence-corrected chi connectivity index (χ0v) is 11.4. The second-order valence-corrected chi connectivity index (χ2v) is 4.71. The maximum Gasteiger partial charge on any atom is 0.0719 e. The molecule has 0 saturated heterocycles. The van der Waals surface area contributed by atoms with E-state index < -0.39 is 0 Å². The highest BCUT2D eigenvalue weighted by atomic mass is 35.5. The number of hydrogen-bond acceptors (Lipinski definition) is 3. The summed E-state index contributed by atoms with van der Waals surface area (Å²) in [5, 5.41) is 5.12. The summed E-state index contributed by atoms with van der Waals surface area (Å²) in [4.78, 5) is 4.35. The molecule has 2 rings (SSSR count). The number of nitrogens with one attached hydrogen (secondary N) is 1. The van der Waals surface area contributed by atoms with Crippen molar-refractivity contribution >= 4 is 22.5 Å². The Hall–Kier alpha value is -1.16. The van der Waals surface area contributed by atoms with Crippen LogP contribution in [0.5, 0.6) is 0 Å². The third kappa shape index (κ3) is 2.99. The van der Waals surface area contributed by atoms with Gasteiger partial charge in [-0.1, -0.05) is 17.7 Å². The van der Waals surface area contributed by atoms with Crippen LogP contribution in [0.25, 0.3) is 10.9 Å². The number of halogens is 1. The van der Waals surface area contributed by atoms with Crippen LogP contribution in [0.15, 0.2) is 30.5 Å². The highest BCUT2D eigenvalue weighted by molar-refractivity contribution is 6.31. The minimum Gasteiger partial charge on any atom is -0.383 e. The molecule has 1 N–H and O–H groups in total. The molecule has 0 radical (unpaired) electrons. The van der Waals surface area contributed by atoms with Gasteiger partial charge in [0.2, 0.25) is 0 Å². The van der Waals surface area contributed by atoms with Gasteiger partial charge in [0.15, 0.2) is 0 Å². The van der Waals surface area contributed by atoms with Gasteiger partial charge in [-0.2, -0.15) is 0 Å². The molecule has 1 unspecified atom stereocenters. The van der Waals surface area contributed by atoms with Crippen LogP contribution in [0.3, 0.4) is 0 Å². The Morgan fingerprint density at radius 1 is 1.39 bits per heavy atom. The predicted octanol–water partition coefficient (Wildman–Crippen LogP) is 2.67. The molecular weight excluding hydrogens is 248 g/mol. The molecule has 1 heterocycles. The van der Waals surface area contributed by atoms with Crippen molar-refractivity contribution in [3.63, 3.8) is 0 Å². The molecule has 1 aromatic carbocycles. The number of fused-ring (bicyclic) bond motifs is 1. The number of aromatic nitrogens is 1. The fourth-order valence-corrected chi connectivity index (χ4v) is 2.24. The van der Waals surface area contributed by atoms with E-state index >= 15 is 0 Å². The second-order valence-electron chi connectivity index (χ2n) is 4.28. The van der Waals surface area contributed by atoms with Gasteiger partial charge >= 0.3 is 0 Å². The summed E-state index contributed by atoms with van der Waals surface area (Å²) in [6, 6.07) is 8.18. The lowest BCUT2D eigenvalue weighted by atomic mass is 10.0. The smallest absolute Gasteiger partial charge is 0.0719 e. The molecule has 18 heavy (non-hydrogen) atoms. The highest BCUT2D eigenvalue weighted by Crippen LogP contribution is 2.21. The van der Waals surface area contributed by atoms with Crippen molar-refractivity contribution in [1.82, 2.24) is 10.3 Å². The number of rotatable bonds is 5. The average molecular weight is 265 g/mol. The number of benzene rings is 1. The number of ether oxygens (including phenoxy) is 1. The van der Waals surface area contributed by atoms with Gasteiger partial charge in [0, 0.05) is 29.8 Å². The van der Waals surface area contributed by atoms with Crippen LogP contribution in [-0.4, -0.2) is 31.8 Å². The van der Waals surface area contributed by atoms with Crippen LogP contribution in [-0.2, 0) is 11.2 Å². The lowest BCUT2D eigenvalue weighted by Gasteiger charge is -2.16. The van der Waals surface area contributed by atoms with Gasteiger partial charge in [0.25, 0.3) is 0 Å². The van der Waals surface area contributed by atoms with Crippen molar-refractivity contribution in [1.29, 1.82) is 0 Å². The van der Waals surface area contributed by atoms with Crippen LogP contribution < -0.4 is 5.32 Å². The molecule has 3 nitrogen and oxygen atoms in total. The van der Waals surface area contributed by atoms with Crippen LogP contribution in [0, 0.1) is 0 Å². The van der Waals surface area contributed by atoms with Gasteiger partial charge in [-0.15, -0.1) is 0 Å². The molecule has 0 aliphatic carbocycles. The molecule has 4 heteroatoms. The van der Waals surface area contributed by atoms with E-state index in [0.29, 0.717) is 17.7 Å². The van der Waals surface area contributed by atoms with Gasteiger partial charge in [0.05, 0.1) is 12.1 Å². The zero-order chi connectivity index (χ0) is 13.0. The van der Waals surface area contributed by atoms with Crippen molar-refractivity contribution in [3.8, 4) is 0 Å². The molecule has 0 aliphatic rings. The van der Waals surface area contributed by atoms with Crippen molar-refractivity contribution in [2.75, 3.05) is 20.8 Å². The quantitative estimate of drug-likeness (QED) is 0.902. The van der Waals surface area contributed by atoms with E-state index in [-0.39, 0.29) is 0 Å². The van der Waals surface area contributed by atoms with Crippen molar-refractivity contribution in [2.45, 2.75) is 12.5 Å². The van der Waals surface area contributed by atoms with Crippen molar-refractivity contribution < 1.29 is 4.74 Å². The Labute approximate surface area is 112 Å². The van der Waals surface area contributed by atoms with E-state index in [9.17, 15) is 0 Å². The molecule has 0 spiro atoms. The molecule has 1 atom stereocenters. The first-order valence-corrected chi connectivity index (χ1v) is 6.31. The van der Waals surface area contributed by atoms with Gasteiger partial charge in [-0.3, -0.25) is 4.98 Å². The standard InChI is InChI=1S/C14H17ClN2O/c1-16-12(9-18-2)7-10-5-6-17-14-8-11(15)3-4-13(10)14/h3-6,8,12,16H,7,9H2,1-2H3. The Kier molecular flexibility index (Phi) is 4.53. The molecule has 0 bridgehead atoms. The molecule has 0 fully saturated rings.